The van der Waals surface area contributed by atoms with Crippen LogP contribution < -0.4 is 11.1 Å². The first-order valence-corrected chi connectivity index (χ1v) is 7.06. The summed E-state index contributed by atoms with van der Waals surface area (Å²) in [7, 11) is 0. The molecule has 104 valence electrons. The number of nitrogens with zero attached hydrogens (tertiary/aromatic N) is 1. The normalized spacial score (nSPS) is 23.1. The van der Waals surface area contributed by atoms with Gasteiger partial charge < -0.3 is 11.1 Å². The van der Waals surface area contributed by atoms with E-state index in [9.17, 15) is 4.79 Å². The van der Waals surface area contributed by atoms with Crippen LogP contribution in [-0.2, 0) is 0 Å². The van der Waals surface area contributed by atoms with Gasteiger partial charge in [-0.05, 0) is 44.7 Å². The molecular formula is C15H23N3O. The van der Waals surface area contributed by atoms with E-state index in [1.165, 1.54) is 12.8 Å². The fraction of sp³-hybridized carbons (Fsp3) is 0.600. The van der Waals surface area contributed by atoms with E-state index in [-0.39, 0.29) is 11.9 Å². The Kier molecular flexibility index (Phi) is 4.53. The molecule has 1 saturated carbocycles. The summed E-state index contributed by atoms with van der Waals surface area (Å²) in [6.07, 6.45) is 4.63. The van der Waals surface area contributed by atoms with Crippen LogP contribution in [0.3, 0.4) is 0 Å². The summed E-state index contributed by atoms with van der Waals surface area (Å²) in [5, 5.41) is 3.00. The first-order chi connectivity index (χ1) is 9.08. The maximum atomic E-state index is 12.1. The van der Waals surface area contributed by atoms with Crippen molar-refractivity contribution in [3.63, 3.8) is 0 Å². The van der Waals surface area contributed by atoms with Gasteiger partial charge in [0.25, 0.3) is 5.91 Å². The molecule has 1 aliphatic rings. The molecule has 0 spiro atoms. The van der Waals surface area contributed by atoms with Gasteiger partial charge in [-0.2, -0.15) is 0 Å². The first-order valence-electron chi connectivity index (χ1n) is 7.06. The summed E-state index contributed by atoms with van der Waals surface area (Å²) in [5.41, 5.74) is 8.47. The number of hydrogen-bond acceptors (Lipinski definition) is 3. The van der Waals surface area contributed by atoms with Crippen molar-refractivity contribution in [3.8, 4) is 0 Å². The number of aryl methyl sites for hydroxylation is 2. The van der Waals surface area contributed by atoms with Crippen molar-refractivity contribution in [2.45, 2.75) is 45.6 Å². The molecule has 0 bridgehead atoms. The van der Waals surface area contributed by atoms with Gasteiger partial charge in [0.05, 0.1) is 11.3 Å². The molecule has 2 atom stereocenters. The maximum Gasteiger partial charge on any atom is 0.253 e. The Labute approximate surface area is 114 Å². The molecule has 4 heteroatoms. The fourth-order valence-corrected chi connectivity index (χ4v) is 2.74. The van der Waals surface area contributed by atoms with Crippen LogP contribution in [0, 0.1) is 19.8 Å². The highest BCUT2D eigenvalue weighted by Gasteiger charge is 2.22. The number of rotatable bonds is 3. The predicted molar refractivity (Wildman–Crippen MR) is 76.0 cm³/mol. The van der Waals surface area contributed by atoms with Crippen LogP contribution in [0.4, 0.5) is 0 Å². The highest BCUT2D eigenvalue weighted by atomic mass is 16.1. The van der Waals surface area contributed by atoms with Crippen LogP contribution in [0.1, 0.15) is 47.4 Å². The smallest absolute Gasteiger partial charge is 0.253 e. The first kappa shape index (κ1) is 14.0. The summed E-state index contributed by atoms with van der Waals surface area (Å²) in [6.45, 7) is 4.47. The number of carbonyl (C=O) groups is 1. The average molecular weight is 261 g/mol. The maximum absolute atomic E-state index is 12.1. The van der Waals surface area contributed by atoms with Crippen molar-refractivity contribution in [3.05, 3.63) is 29.1 Å². The number of nitrogens with two attached hydrogens (primary N) is 1. The van der Waals surface area contributed by atoms with Crippen molar-refractivity contribution in [2.24, 2.45) is 11.7 Å². The van der Waals surface area contributed by atoms with Crippen molar-refractivity contribution < 1.29 is 4.79 Å². The lowest BCUT2D eigenvalue weighted by Gasteiger charge is -2.28. The molecule has 1 aromatic rings. The van der Waals surface area contributed by atoms with Gasteiger partial charge in [0, 0.05) is 18.3 Å². The highest BCUT2D eigenvalue weighted by molar-refractivity contribution is 5.95. The van der Waals surface area contributed by atoms with E-state index in [1.807, 2.05) is 26.0 Å². The molecule has 19 heavy (non-hydrogen) atoms. The Morgan fingerprint density at radius 1 is 1.37 bits per heavy atom. The monoisotopic (exact) mass is 261 g/mol. The lowest BCUT2D eigenvalue weighted by Crippen LogP contribution is -2.41. The molecule has 4 nitrogen and oxygen atoms in total. The Balaban J connectivity index is 1.93. The standard InChI is InChI=1S/C15H23N3O/c1-10-7-8-13(11(2)18-10)15(19)17-9-12-5-3-4-6-14(12)16/h7-8,12,14H,3-6,9,16H2,1-2H3,(H,17,19). The minimum absolute atomic E-state index is 0.0391. The van der Waals surface area contributed by atoms with E-state index in [4.69, 9.17) is 5.73 Å². The molecule has 1 amide bonds. The summed E-state index contributed by atoms with van der Waals surface area (Å²) in [6, 6.07) is 3.94. The largest absolute Gasteiger partial charge is 0.352 e. The minimum atomic E-state index is -0.0391. The second-order valence-corrected chi connectivity index (χ2v) is 5.50. The topological polar surface area (TPSA) is 68.0 Å². The zero-order chi connectivity index (χ0) is 13.8. The molecule has 3 N–H and O–H groups in total. The molecule has 0 radical (unpaired) electrons. The van der Waals surface area contributed by atoms with Crippen LogP contribution in [0.2, 0.25) is 0 Å². The predicted octanol–water partition coefficient (Wildman–Crippen LogP) is 1.95. The number of carbonyl (C=O) groups excluding carboxylic acids is 1. The molecule has 1 heterocycles. The van der Waals surface area contributed by atoms with Crippen LogP contribution in [0.15, 0.2) is 12.1 Å². The van der Waals surface area contributed by atoms with Gasteiger partial charge >= 0.3 is 0 Å². The van der Waals surface area contributed by atoms with Crippen LogP contribution in [0.5, 0.6) is 0 Å². The van der Waals surface area contributed by atoms with E-state index in [2.05, 4.69) is 10.3 Å². The molecule has 0 aliphatic heterocycles. The quantitative estimate of drug-likeness (QED) is 0.873. The van der Waals surface area contributed by atoms with Gasteiger partial charge in [-0.15, -0.1) is 0 Å². The lowest BCUT2D eigenvalue weighted by atomic mass is 9.85. The SMILES string of the molecule is Cc1ccc(C(=O)NCC2CCCCC2N)c(C)n1. The average Bonchev–Trinajstić information content (AvgIpc) is 2.37. The zero-order valence-corrected chi connectivity index (χ0v) is 11.8. The number of nitrogens with one attached hydrogen (secondary N) is 1. The van der Waals surface area contributed by atoms with Gasteiger partial charge in [-0.3, -0.25) is 9.78 Å². The second-order valence-electron chi connectivity index (χ2n) is 5.50. The summed E-state index contributed by atoms with van der Waals surface area (Å²) in [4.78, 5) is 16.5. The Bertz CT molecular complexity index is 459. The number of pyridine rings is 1. The van der Waals surface area contributed by atoms with Crippen molar-refractivity contribution in [1.29, 1.82) is 0 Å². The molecule has 2 unspecified atom stereocenters. The van der Waals surface area contributed by atoms with Gasteiger partial charge in [-0.1, -0.05) is 12.8 Å². The van der Waals surface area contributed by atoms with Crippen molar-refractivity contribution in [1.82, 2.24) is 10.3 Å². The third kappa shape index (κ3) is 3.53. The minimum Gasteiger partial charge on any atom is -0.352 e. The Morgan fingerprint density at radius 2 is 2.11 bits per heavy atom. The molecule has 2 rings (SSSR count). The van der Waals surface area contributed by atoms with Gasteiger partial charge in [0.1, 0.15) is 0 Å². The van der Waals surface area contributed by atoms with E-state index < -0.39 is 0 Å². The third-order valence-corrected chi connectivity index (χ3v) is 3.96. The molecule has 0 saturated heterocycles. The van der Waals surface area contributed by atoms with Crippen LogP contribution >= 0.6 is 0 Å². The van der Waals surface area contributed by atoms with Crippen molar-refractivity contribution >= 4 is 5.91 Å². The van der Waals surface area contributed by atoms with E-state index >= 15 is 0 Å². The summed E-state index contributed by atoms with van der Waals surface area (Å²) in [5.74, 6) is 0.374. The third-order valence-electron chi connectivity index (χ3n) is 3.96. The van der Waals surface area contributed by atoms with Crippen LogP contribution in [0.25, 0.3) is 0 Å². The number of hydrogen-bond donors (Lipinski definition) is 2. The Morgan fingerprint density at radius 3 is 2.79 bits per heavy atom. The Hall–Kier alpha value is -1.42. The molecule has 0 aromatic carbocycles. The van der Waals surface area contributed by atoms with Crippen molar-refractivity contribution in [2.75, 3.05) is 6.54 Å². The summed E-state index contributed by atoms with van der Waals surface area (Å²) >= 11 is 0. The van der Waals surface area contributed by atoms with Gasteiger partial charge in [0.2, 0.25) is 0 Å². The molecule has 1 aromatic heterocycles. The highest BCUT2D eigenvalue weighted by Crippen LogP contribution is 2.22. The van der Waals surface area contributed by atoms with E-state index in [1.54, 1.807) is 0 Å². The number of amides is 1. The molecule has 1 fully saturated rings. The van der Waals surface area contributed by atoms with Crippen LogP contribution in [-0.4, -0.2) is 23.5 Å². The molecule has 1 aliphatic carbocycles. The van der Waals surface area contributed by atoms with Gasteiger partial charge in [-0.25, -0.2) is 0 Å². The van der Waals surface area contributed by atoms with Gasteiger partial charge in [0.15, 0.2) is 0 Å². The lowest BCUT2D eigenvalue weighted by molar-refractivity contribution is 0.0940. The number of aromatic nitrogens is 1. The van der Waals surface area contributed by atoms with E-state index in [0.29, 0.717) is 18.0 Å². The summed E-state index contributed by atoms with van der Waals surface area (Å²) < 4.78 is 0. The second kappa shape index (κ2) is 6.15. The molecular weight excluding hydrogens is 238 g/mol. The van der Waals surface area contributed by atoms with E-state index in [0.717, 1.165) is 24.2 Å². The fourth-order valence-electron chi connectivity index (χ4n) is 2.74. The zero-order valence-electron chi connectivity index (χ0n) is 11.8.